The fourth-order valence-corrected chi connectivity index (χ4v) is 1.27. The highest BCUT2D eigenvalue weighted by molar-refractivity contribution is 6.44. The van der Waals surface area contributed by atoms with Gasteiger partial charge in [-0.15, -0.1) is 0 Å². The Morgan fingerprint density at radius 3 is 2.88 bits per heavy atom. The van der Waals surface area contributed by atoms with Crippen LogP contribution in [0.3, 0.4) is 0 Å². The van der Waals surface area contributed by atoms with E-state index in [1.807, 2.05) is 7.05 Å². The highest BCUT2D eigenvalue weighted by atomic mass is 16.4. The molecule has 0 fully saturated rings. The van der Waals surface area contributed by atoms with Crippen LogP contribution in [-0.4, -0.2) is 41.9 Å². The monoisotopic (exact) mass is 236 g/mol. The molecule has 92 valence electrons. The smallest absolute Gasteiger partial charge is 0.275 e. The summed E-state index contributed by atoms with van der Waals surface area (Å²) in [7, 11) is 1.84. The second kappa shape index (κ2) is 7.34. The first-order valence-electron chi connectivity index (χ1n) is 5.36. The van der Waals surface area contributed by atoms with Crippen LogP contribution in [-0.2, 0) is 4.79 Å². The van der Waals surface area contributed by atoms with Crippen LogP contribution in [0.5, 0.6) is 0 Å². The zero-order valence-electron chi connectivity index (χ0n) is 9.68. The minimum absolute atomic E-state index is 0.0740. The zero-order valence-corrected chi connectivity index (χ0v) is 9.68. The van der Waals surface area contributed by atoms with Crippen LogP contribution < -0.4 is 10.6 Å². The van der Waals surface area contributed by atoms with Gasteiger partial charge in [0, 0.05) is 12.7 Å². The predicted octanol–water partition coefficient (Wildman–Crippen LogP) is -0.0144. The summed E-state index contributed by atoms with van der Waals surface area (Å²) in [5, 5.41) is 17.4. The molecule has 6 heteroatoms. The Kier molecular flexibility index (Phi) is 5.67. The van der Waals surface area contributed by atoms with Crippen LogP contribution in [0.15, 0.2) is 29.6 Å². The van der Waals surface area contributed by atoms with Crippen molar-refractivity contribution in [2.75, 3.05) is 20.1 Å². The van der Waals surface area contributed by atoms with Crippen molar-refractivity contribution in [3.63, 3.8) is 0 Å². The van der Waals surface area contributed by atoms with Crippen molar-refractivity contribution in [3.8, 4) is 0 Å². The maximum atomic E-state index is 11.7. The molecule has 1 heterocycles. The van der Waals surface area contributed by atoms with E-state index in [1.54, 1.807) is 18.2 Å². The molecule has 0 unspecified atom stereocenters. The average Bonchev–Trinajstić information content (AvgIpc) is 2.37. The number of carbonyl (C=O) groups is 1. The minimum atomic E-state index is -0.428. The van der Waals surface area contributed by atoms with Gasteiger partial charge in [-0.1, -0.05) is 11.2 Å². The number of amides is 1. The van der Waals surface area contributed by atoms with E-state index in [4.69, 9.17) is 5.21 Å². The van der Waals surface area contributed by atoms with Crippen molar-refractivity contribution in [3.05, 3.63) is 30.1 Å². The normalized spacial score (nSPS) is 11.2. The molecular formula is C11H16N4O2. The molecule has 3 N–H and O–H groups in total. The summed E-state index contributed by atoms with van der Waals surface area (Å²) in [6.07, 6.45) is 2.35. The van der Waals surface area contributed by atoms with Crippen molar-refractivity contribution in [2.45, 2.75) is 6.42 Å². The van der Waals surface area contributed by atoms with Crippen LogP contribution in [0.2, 0.25) is 0 Å². The Morgan fingerprint density at radius 1 is 1.47 bits per heavy atom. The summed E-state index contributed by atoms with van der Waals surface area (Å²) in [5.41, 5.74) is 0.274. The standard InChI is InChI=1S/C11H16N4O2/c1-12-6-4-8-14-11(16)10(15-17)9-5-2-3-7-13-9/h2-3,5,7,12,17H,4,6,8H2,1H3,(H,14,16). The number of oxime groups is 1. The fourth-order valence-electron chi connectivity index (χ4n) is 1.27. The lowest BCUT2D eigenvalue weighted by molar-refractivity contribution is -0.114. The van der Waals surface area contributed by atoms with Gasteiger partial charge in [-0.05, 0) is 32.1 Å². The van der Waals surface area contributed by atoms with Crippen LogP contribution >= 0.6 is 0 Å². The zero-order chi connectivity index (χ0) is 12.5. The Morgan fingerprint density at radius 2 is 2.29 bits per heavy atom. The number of aromatic nitrogens is 1. The van der Waals surface area contributed by atoms with E-state index in [-0.39, 0.29) is 5.71 Å². The van der Waals surface area contributed by atoms with Crippen LogP contribution in [0.25, 0.3) is 0 Å². The van der Waals surface area contributed by atoms with Crippen LogP contribution in [0, 0.1) is 0 Å². The summed E-state index contributed by atoms with van der Waals surface area (Å²) >= 11 is 0. The van der Waals surface area contributed by atoms with Gasteiger partial charge in [0.05, 0.1) is 5.69 Å². The van der Waals surface area contributed by atoms with Gasteiger partial charge in [-0.3, -0.25) is 9.78 Å². The number of hydrogen-bond donors (Lipinski definition) is 3. The van der Waals surface area contributed by atoms with Crippen molar-refractivity contribution >= 4 is 11.6 Å². The van der Waals surface area contributed by atoms with E-state index in [9.17, 15) is 4.79 Å². The molecule has 0 saturated heterocycles. The molecule has 1 rings (SSSR count). The summed E-state index contributed by atoms with van der Waals surface area (Å²) in [6, 6.07) is 5.06. The lowest BCUT2D eigenvalue weighted by Gasteiger charge is -2.05. The molecule has 1 aromatic rings. The third kappa shape index (κ3) is 4.20. The van der Waals surface area contributed by atoms with Crippen molar-refractivity contribution in [1.29, 1.82) is 0 Å². The summed E-state index contributed by atoms with van der Waals surface area (Å²) in [5.74, 6) is -0.428. The number of hydrogen-bond acceptors (Lipinski definition) is 5. The molecule has 0 bridgehead atoms. The Bertz CT molecular complexity index is 378. The number of rotatable bonds is 6. The Labute approximate surface area is 99.7 Å². The molecule has 1 aromatic heterocycles. The molecule has 0 aromatic carbocycles. The van der Waals surface area contributed by atoms with E-state index >= 15 is 0 Å². The SMILES string of the molecule is CNCCCNC(=O)C(=NO)c1ccccn1. The predicted molar refractivity (Wildman–Crippen MR) is 64.1 cm³/mol. The maximum absolute atomic E-state index is 11.7. The van der Waals surface area contributed by atoms with Crippen molar-refractivity contribution in [2.24, 2.45) is 5.16 Å². The van der Waals surface area contributed by atoms with E-state index in [0.29, 0.717) is 12.2 Å². The topological polar surface area (TPSA) is 86.6 Å². The van der Waals surface area contributed by atoms with Gasteiger partial charge in [-0.2, -0.15) is 0 Å². The van der Waals surface area contributed by atoms with Gasteiger partial charge < -0.3 is 15.8 Å². The van der Waals surface area contributed by atoms with Crippen molar-refractivity contribution in [1.82, 2.24) is 15.6 Å². The molecular weight excluding hydrogens is 220 g/mol. The highest BCUT2D eigenvalue weighted by Gasteiger charge is 2.14. The molecule has 0 aliphatic rings. The number of nitrogens with one attached hydrogen (secondary N) is 2. The van der Waals surface area contributed by atoms with Gasteiger partial charge in [0.2, 0.25) is 0 Å². The van der Waals surface area contributed by atoms with Gasteiger partial charge in [-0.25, -0.2) is 0 Å². The fraction of sp³-hybridized carbons (Fsp3) is 0.364. The van der Waals surface area contributed by atoms with Gasteiger partial charge in [0.15, 0.2) is 5.71 Å². The molecule has 1 amide bonds. The van der Waals surface area contributed by atoms with E-state index in [0.717, 1.165) is 13.0 Å². The Balaban J connectivity index is 2.55. The average molecular weight is 236 g/mol. The second-order valence-corrected chi connectivity index (χ2v) is 3.38. The molecule has 0 spiro atoms. The van der Waals surface area contributed by atoms with Crippen LogP contribution in [0.4, 0.5) is 0 Å². The lowest BCUT2D eigenvalue weighted by Crippen LogP contribution is -2.33. The lowest BCUT2D eigenvalue weighted by atomic mass is 10.2. The van der Waals surface area contributed by atoms with Gasteiger partial charge in [0.1, 0.15) is 0 Å². The largest absolute Gasteiger partial charge is 0.410 e. The molecule has 0 aliphatic heterocycles. The third-order valence-electron chi connectivity index (χ3n) is 2.11. The van der Waals surface area contributed by atoms with E-state index in [1.165, 1.54) is 6.20 Å². The number of nitrogens with zero attached hydrogens (tertiary/aromatic N) is 2. The first kappa shape index (κ1) is 13.1. The number of carbonyl (C=O) groups excluding carboxylic acids is 1. The Hall–Kier alpha value is -1.95. The van der Waals surface area contributed by atoms with Gasteiger partial charge >= 0.3 is 0 Å². The van der Waals surface area contributed by atoms with Crippen LogP contribution in [0.1, 0.15) is 12.1 Å². The first-order chi connectivity index (χ1) is 8.29. The quantitative estimate of drug-likeness (QED) is 0.280. The van der Waals surface area contributed by atoms with E-state index in [2.05, 4.69) is 20.8 Å². The van der Waals surface area contributed by atoms with Gasteiger partial charge in [0.25, 0.3) is 5.91 Å². The third-order valence-corrected chi connectivity index (χ3v) is 2.11. The summed E-state index contributed by atoms with van der Waals surface area (Å²) in [4.78, 5) is 15.6. The minimum Gasteiger partial charge on any atom is -0.410 e. The summed E-state index contributed by atoms with van der Waals surface area (Å²) in [6.45, 7) is 1.33. The molecule has 0 radical (unpaired) electrons. The summed E-state index contributed by atoms with van der Waals surface area (Å²) < 4.78 is 0. The molecule has 17 heavy (non-hydrogen) atoms. The molecule has 0 aliphatic carbocycles. The molecule has 0 saturated carbocycles. The first-order valence-corrected chi connectivity index (χ1v) is 5.36. The second-order valence-electron chi connectivity index (χ2n) is 3.38. The number of pyridine rings is 1. The maximum Gasteiger partial charge on any atom is 0.275 e. The van der Waals surface area contributed by atoms with E-state index < -0.39 is 5.91 Å². The molecule has 6 nitrogen and oxygen atoms in total. The molecule has 0 atom stereocenters. The van der Waals surface area contributed by atoms with Crippen molar-refractivity contribution < 1.29 is 10.0 Å². The highest BCUT2D eigenvalue weighted by Crippen LogP contribution is 1.96.